The maximum Gasteiger partial charge on any atom is 0.255 e. The molecule has 26 heavy (non-hydrogen) atoms. The molecule has 0 aromatic heterocycles. The summed E-state index contributed by atoms with van der Waals surface area (Å²) in [7, 11) is 3.03. The SMILES string of the molecule is COCCOc1c(Cl)cc(NC(=O)c2ccc(C=NOC)cc2)cc1Cl. The summed E-state index contributed by atoms with van der Waals surface area (Å²) in [4.78, 5) is 17.0. The highest BCUT2D eigenvalue weighted by Crippen LogP contribution is 2.36. The van der Waals surface area contributed by atoms with Crippen molar-refractivity contribution < 1.29 is 19.1 Å². The minimum absolute atomic E-state index is 0.291. The summed E-state index contributed by atoms with van der Waals surface area (Å²) in [6.07, 6.45) is 1.55. The molecule has 0 bridgehead atoms. The molecule has 2 rings (SSSR count). The number of hydrogen-bond acceptors (Lipinski definition) is 5. The number of oxime groups is 1. The average molecular weight is 397 g/mol. The van der Waals surface area contributed by atoms with Gasteiger partial charge in [0.05, 0.1) is 22.9 Å². The molecule has 0 aliphatic rings. The van der Waals surface area contributed by atoms with E-state index in [4.69, 9.17) is 32.7 Å². The predicted molar refractivity (Wildman–Crippen MR) is 103 cm³/mol. The van der Waals surface area contributed by atoms with Crippen LogP contribution in [0.25, 0.3) is 0 Å². The molecule has 0 saturated carbocycles. The van der Waals surface area contributed by atoms with E-state index in [1.807, 2.05) is 0 Å². The highest BCUT2D eigenvalue weighted by atomic mass is 35.5. The van der Waals surface area contributed by atoms with E-state index < -0.39 is 0 Å². The lowest BCUT2D eigenvalue weighted by molar-refractivity contribution is 0.102. The molecule has 0 aliphatic carbocycles. The molecular weight excluding hydrogens is 379 g/mol. The van der Waals surface area contributed by atoms with Crippen molar-refractivity contribution in [2.75, 3.05) is 32.8 Å². The highest BCUT2D eigenvalue weighted by molar-refractivity contribution is 6.37. The second kappa shape index (κ2) is 10.0. The Morgan fingerprint density at radius 3 is 2.35 bits per heavy atom. The van der Waals surface area contributed by atoms with Gasteiger partial charge < -0.3 is 19.6 Å². The normalized spacial score (nSPS) is 10.8. The number of carbonyl (C=O) groups excluding carboxylic acids is 1. The second-order valence-corrected chi connectivity index (χ2v) is 5.92. The molecule has 138 valence electrons. The second-order valence-electron chi connectivity index (χ2n) is 5.10. The number of anilines is 1. The number of nitrogens with one attached hydrogen (secondary N) is 1. The molecule has 0 heterocycles. The molecule has 0 saturated heterocycles. The van der Waals surface area contributed by atoms with Gasteiger partial charge in [0.15, 0.2) is 5.75 Å². The molecule has 0 unspecified atom stereocenters. The van der Waals surface area contributed by atoms with E-state index in [-0.39, 0.29) is 5.91 Å². The maximum atomic E-state index is 12.4. The summed E-state index contributed by atoms with van der Waals surface area (Å²) in [6.45, 7) is 0.733. The van der Waals surface area contributed by atoms with Crippen LogP contribution in [0.3, 0.4) is 0 Å². The van der Waals surface area contributed by atoms with Crippen LogP contribution < -0.4 is 10.1 Å². The Morgan fingerprint density at radius 1 is 1.12 bits per heavy atom. The number of halogens is 2. The van der Waals surface area contributed by atoms with Crippen molar-refractivity contribution in [2.24, 2.45) is 5.16 Å². The molecule has 0 atom stereocenters. The van der Waals surface area contributed by atoms with Crippen LogP contribution >= 0.6 is 23.2 Å². The van der Waals surface area contributed by atoms with Crippen LogP contribution in [-0.4, -0.2) is 39.6 Å². The Kier molecular flexibility index (Phi) is 7.72. The first kappa shape index (κ1) is 20.0. The third kappa shape index (κ3) is 5.62. The molecule has 0 aliphatic heterocycles. The summed E-state index contributed by atoms with van der Waals surface area (Å²) < 4.78 is 10.4. The Hall–Kier alpha value is -2.28. The lowest BCUT2D eigenvalue weighted by Gasteiger charge is -2.12. The van der Waals surface area contributed by atoms with Crippen molar-refractivity contribution in [3.63, 3.8) is 0 Å². The van der Waals surface area contributed by atoms with E-state index in [2.05, 4.69) is 15.3 Å². The summed E-state index contributed by atoms with van der Waals surface area (Å²) in [5.41, 5.74) is 1.76. The van der Waals surface area contributed by atoms with Gasteiger partial charge >= 0.3 is 0 Å². The largest absolute Gasteiger partial charge is 0.488 e. The average Bonchev–Trinajstić information content (AvgIpc) is 2.62. The van der Waals surface area contributed by atoms with Gasteiger partial charge in [0, 0.05) is 18.4 Å². The van der Waals surface area contributed by atoms with Crippen LogP contribution in [0.15, 0.2) is 41.6 Å². The van der Waals surface area contributed by atoms with Gasteiger partial charge in [0.1, 0.15) is 13.7 Å². The number of nitrogens with zero attached hydrogens (tertiary/aromatic N) is 1. The summed E-state index contributed by atoms with van der Waals surface area (Å²) in [6, 6.07) is 10.0. The molecule has 6 nitrogen and oxygen atoms in total. The van der Waals surface area contributed by atoms with Gasteiger partial charge in [-0.25, -0.2) is 0 Å². The zero-order chi connectivity index (χ0) is 18.9. The number of methoxy groups -OCH3 is 1. The Labute approximate surface area is 161 Å². The quantitative estimate of drug-likeness (QED) is 0.411. The van der Waals surface area contributed by atoms with E-state index in [0.29, 0.717) is 40.3 Å². The molecule has 0 radical (unpaired) electrons. The number of rotatable bonds is 8. The lowest BCUT2D eigenvalue weighted by Crippen LogP contribution is -2.12. The molecule has 0 fully saturated rings. The molecule has 1 amide bonds. The van der Waals surface area contributed by atoms with Crippen LogP contribution in [0.2, 0.25) is 10.0 Å². The minimum atomic E-state index is -0.291. The topological polar surface area (TPSA) is 69.2 Å². The van der Waals surface area contributed by atoms with Crippen LogP contribution in [0.5, 0.6) is 5.75 Å². The first-order valence-corrected chi connectivity index (χ1v) is 8.39. The summed E-state index contributed by atoms with van der Waals surface area (Å²) >= 11 is 12.4. The fourth-order valence-electron chi connectivity index (χ4n) is 2.03. The van der Waals surface area contributed by atoms with Gasteiger partial charge in [0.25, 0.3) is 5.91 Å². The van der Waals surface area contributed by atoms with E-state index >= 15 is 0 Å². The molecule has 2 aromatic carbocycles. The first-order chi connectivity index (χ1) is 12.5. The van der Waals surface area contributed by atoms with Gasteiger partial charge in [-0.2, -0.15) is 0 Å². The fraction of sp³-hybridized carbons (Fsp3) is 0.222. The predicted octanol–water partition coefficient (Wildman–Crippen LogP) is 4.25. The van der Waals surface area contributed by atoms with Crippen molar-refractivity contribution in [3.05, 3.63) is 57.6 Å². The van der Waals surface area contributed by atoms with Gasteiger partial charge in [-0.15, -0.1) is 0 Å². The Bertz CT molecular complexity index is 756. The molecule has 2 aromatic rings. The number of hydrogen-bond donors (Lipinski definition) is 1. The van der Waals surface area contributed by atoms with Crippen molar-refractivity contribution in [1.82, 2.24) is 0 Å². The molecule has 8 heteroatoms. The first-order valence-electron chi connectivity index (χ1n) is 7.64. The number of carbonyl (C=O) groups is 1. The van der Waals surface area contributed by atoms with E-state index in [9.17, 15) is 4.79 Å². The van der Waals surface area contributed by atoms with Crippen LogP contribution in [-0.2, 0) is 9.57 Å². The molecule has 1 N–H and O–H groups in total. The fourth-order valence-corrected chi connectivity index (χ4v) is 2.63. The van der Waals surface area contributed by atoms with E-state index in [0.717, 1.165) is 5.56 Å². The summed E-state index contributed by atoms with van der Waals surface area (Å²) in [5, 5.41) is 7.02. The summed E-state index contributed by atoms with van der Waals surface area (Å²) in [5.74, 6) is 0.0607. The maximum absolute atomic E-state index is 12.4. The van der Waals surface area contributed by atoms with Crippen molar-refractivity contribution in [3.8, 4) is 5.75 Å². The van der Waals surface area contributed by atoms with Crippen LogP contribution in [0, 0.1) is 0 Å². The van der Waals surface area contributed by atoms with E-state index in [1.165, 1.54) is 7.11 Å². The Morgan fingerprint density at radius 2 is 1.77 bits per heavy atom. The zero-order valence-corrected chi connectivity index (χ0v) is 15.8. The van der Waals surface area contributed by atoms with Gasteiger partial charge in [0.2, 0.25) is 0 Å². The van der Waals surface area contributed by atoms with Crippen molar-refractivity contribution >= 4 is 41.0 Å². The highest BCUT2D eigenvalue weighted by Gasteiger charge is 2.12. The van der Waals surface area contributed by atoms with Gasteiger partial charge in [-0.05, 0) is 29.8 Å². The molecular formula is C18H18Cl2N2O4. The van der Waals surface area contributed by atoms with Crippen LogP contribution in [0.4, 0.5) is 5.69 Å². The van der Waals surface area contributed by atoms with E-state index in [1.54, 1.807) is 49.7 Å². The van der Waals surface area contributed by atoms with Gasteiger partial charge in [-0.1, -0.05) is 40.5 Å². The lowest BCUT2D eigenvalue weighted by atomic mass is 10.1. The monoisotopic (exact) mass is 396 g/mol. The molecule has 0 spiro atoms. The number of ether oxygens (including phenoxy) is 2. The third-order valence-electron chi connectivity index (χ3n) is 3.27. The standard InChI is InChI=1S/C18H18Cl2N2O4/c1-24-7-8-26-17-15(19)9-14(10-16(17)20)22-18(23)13-5-3-12(4-6-13)11-21-25-2/h3-6,9-11H,7-8H2,1-2H3,(H,22,23). The van der Waals surface area contributed by atoms with Crippen LogP contribution in [0.1, 0.15) is 15.9 Å². The smallest absolute Gasteiger partial charge is 0.255 e. The number of benzene rings is 2. The third-order valence-corrected chi connectivity index (χ3v) is 3.83. The zero-order valence-electron chi connectivity index (χ0n) is 14.3. The minimum Gasteiger partial charge on any atom is -0.488 e. The van der Waals surface area contributed by atoms with Gasteiger partial charge in [-0.3, -0.25) is 4.79 Å². The van der Waals surface area contributed by atoms with Crippen molar-refractivity contribution in [1.29, 1.82) is 0 Å². The van der Waals surface area contributed by atoms with Crippen molar-refractivity contribution in [2.45, 2.75) is 0 Å². The Balaban J connectivity index is 2.07. The number of amides is 1.